The zero-order valence-corrected chi connectivity index (χ0v) is 12.9. The first-order valence-electron chi connectivity index (χ1n) is 7.52. The fourth-order valence-electron chi connectivity index (χ4n) is 2.58. The first-order valence-corrected chi connectivity index (χ1v) is 7.52. The topological polar surface area (TPSA) is 65.5 Å². The Bertz CT molecular complexity index is 718. The van der Waals surface area contributed by atoms with Crippen LogP contribution in [-0.4, -0.2) is 46.5 Å². The van der Waals surface area contributed by atoms with Crippen LogP contribution in [-0.2, 0) is 4.79 Å². The van der Waals surface area contributed by atoms with E-state index >= 15 is 0 Å². The molecule has 1 aliphatic heterocycles. The van der Waals surface area contributed by atoms with E-state index in [0.717, 1.165) is 11.1 Å². The molecule has 1 fully saturated rings. The predicted molar refractivity (Wildman–Crippen MR) is 87.7 cm³/mol. The van der Waals surface area contributed by atoms with Gasteiger partial charge in [0.2, 0.25) is 5.91 Å². The second-order valence-corrected chi connectivity index (χ2v) is 5.30. The average molecular weight is 310 g/mol. The quantitative estimate of drug-likeness (QED) is 0.946. The molecule has 6 nitrogen and oxygen atoms in total. The molecule has 23 heavy (non-hydrogen) atoms. The van der Waals surface area contributed by atoms with Gasteiger partial charge in [-0.2, -0.15) is 0 Å². The molecule has 0 aliphatic carbocycles. The van der Waals surface area contributed by atoms with Gasteiger partial charge in [-0.3, -0.25) is 14.7 Å². The van der Waals surface area contributed by atoms with Crippen molar-refractivity contribution in [3.8, 4) is 11.1 Å². The number of nitrogens with one attached hydrogen (secondary N) is 1. The number of carbonyl (C=O) groups excluding carboxylic acids is 2. The highest BCUT2D eigenvalue weighted by molar-refractivity contribution is 5.97. The molecule has 3 amide bonds. The lowest BCUT2D eigenvalue weighted by Gasteiger charge is -2.18. The summed E-state index contributed by atoms with van der Waals surface area (Å²) in [4.78, 5) is 31.4. The van der Waals surface area contributed by atoms with Crippen molar-refractivity contribution in [2.24, 2.45) is 0 Å². The molecule has 118 valence electrons. The normalized spacial score (nSPS) is 14.2. The van der Waals surface area contributed by atoms with Crippen molar-refractivity contribution in [3.05, 3.63) is 48.8 Å². The number of rotatable bonds is 3. The maximum atomic E-state index is 12.4. The van der Waals surface area contributed by atoms with Crippen LogP contribution in [0.4, 0.5) is 10.5 Å². The minimum Gasteiger partial charge on any atom is -0.324 e. The molecular weight excluding hydrogens is 292 g/mol. The van der Waals surface area contributed by atoms with E-state index in [0.29, 0.717) is 18.9 Å². The van der Waals surface area contributed by atoms with E-state index in [9.17, 15) is 9.59 Å². The van der Waals surface area contributed by atoms with Crippen molar-refractivity contribution >= 4 is 17.6 Å². The second-order valence-electron chi connectivity index (χ2n) is 5.30. The first-order chi connectivity index (χ1) is 11.2. The fourth-order valence-corrected chi connectivity index (χ4v) is 2.58. The third kappa shape index (κ3) is 3.15. The number of urea groups is 1. The van der Waals surface area contributed by atoms with Crippen molar-refractivity contribution < 1.29 is 9.59 Å². The number of anilines is 1. The third-order valence-corrected chi connectivity index (χ3v) is 3.85. The second kappa shape index (κ2) is 6.48. The van der Waals surface area contributed by atoms with Gasteiger partial charge in [0.15, 0.2) is 0 Å². The summed E-state index contributed by atoms with van der Waals surface area (Å²) in [6.07, 6.45) is 3.43. The molecule has 0 radical (unpaired) electrons. The predicted octanol–water partition coefficient (Wildman–Crippen LogP) is 2.40. The van der Waals surface area contributed by atoms with Crippen LogP contribution < -0.4 is 5.32 Å². The lowest BCUT2D eigenvalue weighted by molar-refractivity contribution is -0.126. The smallest absolute Gasteiger partial charge is 0.323 e. The minimum absolute atomic E-state index is 0.0231. The van der Waals surface area contributed by atoms with E-state index < -0.39 is 0 Å². The van der Waals surface area contributed by atoms with Crippen LogP contribution >= 0.6 is 0 Å². The highest BCUT2D eigenvalue weighted by Crippen LogP contribution is 2.27. The lowest BCUT2D eigenvalue weighted by Crippen LogP contribution is -2.34. The van der Waals surface area contributed by atoms with Gasteiger partial charge >= 0.3 is 6.03 Å². The van der Waals surface area contributed by atoms with E-state index in [1.165, 1.54) is 4.90 Å². The van der Waals surface area contributed by atoms with Gasteiger partial charge in [0.25, 0.3) is 0 Å². The summed E-state index contributed by atoms with van der Waals surface area (Å²) in [6.45, 7) is 2.96. The van der Waals surface area contributed by atoms with Crippen molar-refractivity contribution in [1.29, 1.82) is 0 Å². The van der Waals surface area contributed by atoms with E-state index in [1.807, 2.05) is 43.3 Å². The molecule has 1 aromatic heterocycles. The SMILES string of the molecule is CCN1CN(C(=O)Nc2ccccc2-c2ccncc2)CC1=O. The number of likely N-dealkylation sites (N-methyl/N-ethyl adjacent to an activating group) is 1. The number of aromatic nitrogens is 1. The Kier molecular flexibility index (Phi) is 4.23. The van der Waals surface area contributed by atoms with Gasteiger partial charge in [0.1, 0.15) is 6.54 Å². The van der Waals surface area contributed by atoms with Crippen molar-refractivity contribution in [2.75, 3.05) is 25.1 Å². The minimum atomic E-state index is -0.268. The van der Waals surface area contributed by atoms with Crippen molar-refractivity contribution in [1.82, 2.24) is 14.8 Å². The maximum absolute atomic E-state index is 12.4. The number of pyridine rings is 1. The maximum Gasteiger partial charge on any atom is 0.323 e. The van der Waals surface area contributed by atoms with Crippen LogP contribution in [0.1, 0.15) is 6.92 Å². The Morgan fingerprint density at radius 2 is 1.96 bits per heavy atom. The molecule has 0 bridgehead atoms. The summed E-state index contributed by atoms with van der Waals surface area (Å²) < 4.78 is 0. The largest absolute Gasteiger partial charge is 0.324 e. The van der Waals surface area contributed by atoms with Gasteiger partial charge in [-0.05, 0) is 30.7 Å². The molecule has 2 aromatic rings. The monoisotopic (exact) mass is 310 g/mol. The summed E-state index contributed by atoms with van der Waals surface area (Å²) in [5.41, 5.74) is 2.61. The molecule has 1 aliphatic rings. The molecular formula is C17H18N4O2. The van der Waals surface area contributed by atoms with Crippen molar-refractivity contribution in [3.63, 3.8) is 0 Å². The Hall–Kier alpha value is -2.89. The van der Waals surface area contributed by atoms with Crippen LogP contribution in [0.25, 0.3) is 11.1 Å². The van der Waals surface area contributed by atoms with Crippen LogP contribution in [0, 0.1) is 0 Å². The fraction of sp³-hybridized carbons (Fsp3) is 0.235. The number of benzene rings is 1. The van der Waals surface area contributed by atoms with Crippen molar-refractivity contribution in [2.45, 2.75) is 6.92 Å². The molecule has 1 N–H and O–H groups in total. The van der Waals surface area contributed by atoms with Gasteiger partial charge in [-0.25, -0.2) is 4.79 Å². The molecule has 0 atom stereocenters. The highest BCUT2D eigenvalue weighted by Gasteiger charge is 2.29. The number of hydrogen-bond donors (Lipinski definition) is 1. The Morgan fingerprint density at radius 3 is 2.65 bits per heavy atom. The molecule has 3 rings (SSSR count). The van der Waals surface area contributed by atoms with Crippen LogP contribution in [0.3, 0.4) is 0 Å². The van der Waals surface area contributed by atoms with Crippen LogP contribution in [0.15, 0.2) is 48.8 Å². The number of carbonyl (C=O) groups is 2. The summed E-state index contributed by atoms with van der Waals surface area (Å²) in [7, 11) is 0. The Labute approximate surface area is 134 Å². The number of nitrogens with zero attached hydrogens (tertiary/aromatic N) is 3. The molecule has 0 spiro atoms. The molecule has 0 unspecified atom stereocenters. The number of hydrogen-bond acceptors (Lipinski definition) is 3. The van der Waals surface area contributed by atoms with Gasteiger partial charge in [0, 0.05) is 24.5 Å². The Balaban J connectivity index is 1.79. The molecule has 0 saturated carbocycles. The number of para-hydroxylation sites is 1. The van der Waals surface area contributed by atoms with E-state index in [1.54, 1.807) is 17.3 Å². The summed E-state index contributed by atoms with van der Waals surface area (Å²) in [5, 5.41) is 2.90. The summed E-state index contributed by atoms with van der Waals surface area (Å²) >= 11 is 0. The molecule has 1 aromatic carbocycles. The van der Waals surface area contributed by atoms with E-state index in [2.05, 4.69) is 10.3 Å². The first kappa shape index (κ1) is 15.0. The zero-order chi connectivity index (χ0) is 16.2. The highest BCUT2D eigenvalue weighted by atomic mass is 16.2. The molecule has 1 saturated heterocycles. The van der Waals surface area contributed by atoms with E-state index in [-0.39, 0.29) is 18.5 Å². The van der Waals surface area contributed by atoms with E-state index in [4.69, 9.17) is 0 Å². The zero-order valence-electron chi connectivity index (χ0n) is 12.9. The summed E-state index contributed by atoms with van der Waals surface area (Å²) in [6, 6.07) is 11.1. The summed E-state index contributed by atoms with van der Waals surface area (Å²) in [5.74, 6) is -0.0231. The molecule has 6 heteroatoms. The van der Waals surface area contributed by atoms with Gasteiger partial charge in [-0.1, -0.05) is 18.2 Å². The van der Waals surface area contributed by atoms with Gasteiger partial charge in [-0.15, -0.1) is 0 Å². The lowest BCUT2D eigenvalue weighted by atomic mass is 10.1. The average Bonchev–Trinajstić information content (AvgIpc) is 2.97. The van der Waals surface area contributed by atoms with Gasteiger partial charge < -0.3 is 10.2 Å². The molecule has 2 heterocycles. The Morgan fingerprint density at radius 1 is 1.22 bits per heavy atom. The van der Waals surface area contributed by atoms with Gasteiger partial charge in [0.05, 0.1) is 12.4 Å². The van der Waals surface area contributed by atoms with Crippen LogP contribution in [0.5, 0.6) is 0 Å². The third-order valence-electron chi connectivity index (χ3n) is 3.85. The standard InChI is InChI=1S/C17H18N4O2/c1-2-20-12-21(11-16(20)22)17(23)19-15-6-4-3-5-14(15)13-7-9-18-10-8-13/h3-10H,2,11-12H2,1H3,(H,19,23). The number of amides is 3. The van der Waals surface area contributed by atoms with Crippen LogP contribution in [0.2, 0.25) is 0 Å².